The molecule has 0 aliphatic rings. The van der Waals surface area contributed by atoms with E-state index in [1.807, 2.05) is 13.8 Å². The maximum Gasteiger partial charge on any atom is 0.341 e. The summed E-state index contributed by atoms with van der Waals surface area (Å²) in [7, 11) is 1.57. The Balaban J connectivity index is 2.91. The minimum atomic E-state index is -1.12. The normalized spacial score (nSPS) is 10.1. The second-order valence-electron chi connectivity index (χ2n) is 3.44. The molecule has 0 aliphatic heterocycles. The van der Waals surface area contributed by atoms with Crippen LogP contribution in [0.2, 0.25) is 0 Å². The molecule has 1 aromatic heterocycles. The van der Waals surface area contributed by atoms with Crippen LogP contribution >= 0.6 is 0 Å². The van der Waals surface area contributed by atoms with Crippen LogP contribution in [0.5, 0.6) is 0 Å². The zero-order valence-electron chi connectivity index (χ0n) is 10.1. The third-order valence-electron chi connectivity index (χ3n) is 2.45. The number of urea groups is 1. The van der Waals surface area contributed by atoms with Crippen LogP contribution in [0.4, 0.5) is 10.6 Å². The van der Waals surface area contributed by atoms with Crippen LogP contribution in [-0.2, 0) is 7.05 Å². The van der Waals surface area contributed by atoms with Crippen LogP contribution in [-0.4, -0.2) is 44.9 Å². The van der Waals surface area contributed by atoms with Crippen LogP contribution in [0.15, 0.2) is 6.20 Å². The number of anilines is 1. The number of carbonyl (C=O) groups excluding carboxylic acids is 1. The highest BCUT2D eigenvalue weighted by molar-refractivity contribution is 5.98. The Labute approximate surface area is 99.0 Å². The first-order chi connectivity index (χ1) is 8.01. The second-order valence-corrected chi connectivity index (χ2v) is 3.44. The molecule has 0 spiro atoms. The predicted octanol–water partition coefficient (Wildman–Crippen LogP) is 0.992. The lowest BCUT2D eigenvalue weighted by molar-refractivity contribution is 0.0698. The number of aromatic carboxylic acids is 1. The molecule has 17 heavy (non-hydrogen) atoms. The van der Waals surface area contributed by atoms with Crippen molar-refractivity contribution in [1.29, 1.82) is 0 Å². The lowest BCUT2D eigenvalue weighted by Gasteiger charge is -2.19. The van der Waals surface area contributed by atoms with Crippen molar-refractivity contribution in [3.8, 4) is 0 Å². The van der Waals surface area contributed by atoms with E-state index in [1.54, 1.807) is 11.9 Å². The van der Waals surface area contributed by atoms with Crippen molar-refractivity contribution < 1.29 is 14.7 Å². The van der Waals surface area contributed by atoms with Crippen molar-refractivity contribution in [3.05, 3.63) is 11.8 Å². The highest BCUT2D eigenvalue weighted by Gasteiger charge is 2.19. The lowest BCUT2D eigenvalue weighted by atomic mass is 10.3. The number of hydrogen-bond donors (Lipinski definition) is 2. The standard InChI is InChI=1S/C10H16N4O3/c1-4-14(5-2)10(17)12-8-7(9(15)16)6-11-13(8)3/h6H,4-5H2,1-3H3,(H,12,17)(H,15,16). The second kappa shape index (κ2) is 5.33. The van der Waals surface area contributed by atoms with E-state index in [4.69, 9.17) is 5.11 Å². The molecule has 7 nitrogen and oxygen atoms in total. The number of rotatable bonds is 4. The molecule has 0 aliphatic carbocycles. The summed E-state index contributed by atoms with van der Waals surface area (Å²) in [5.41, 5.74) is -0.0204. The fourth-order valence-corrected chi connectivity index (χ4v) is 1.43. The molecule has 1 rings (SSSR count). The molecule has 0 fully saturated rings. The summed E-state index contributed by atoms with van der Waals surface area (Å²) in [6.07, 6.45) is 1.21. The zero-order valence-corrected chi connectivity index (χ0v) is 10.1. The van der Waals surface area contributed by atoms with E-state index in [2.05, 4.69) is 10.4 Å². The minimum absolute atomic E-state index is 0.0204. The summed E-state index contributed by atoms with van der Waals surface area (Å²) in [5, 5.41) is 15.3. The van der Waals surface area contributed by atoms with Gasteiger partial charge in [-0.15, -0.1) is 0 Å². The maximum atomic E-state index is 11.8. The summed E-state index contributed by atoms with van der Waals surface area (Å²) >= 11 is 0. The number of amides is 2. The number of carboxylic acids is 1. The average molecular weight is 240 g/mol. The molecule has 0 aromatic carbocycles. The molecule has 0 saturated carbocycles. The SMILES string of the molecule is CCN(CC)C(=O)Nc1c(C(=O)O)cnn1C. The highest BCUT2D eigenvalue weighted by Crippen LogP contribution is 2.14. The van der Waals surface area contributed by atoms with Crippen molar-refractivity contribution >= 4 is 17.8 Å². The zero-order chi connectivity index (χ0) is 13.0. The van der Waals surface area contributed by atoms with Crippen molar-refractivity contribution in [2.45, 2.75) is 13.8 Å². The van der Waals surface area contributed by atoms with Gasteiger partial charge < -0.3 is 10.0 Å². The van der Waals surface area contributed by atoms with Gasteiger partial charge in [0, 0.05) is 20.1 Å². The van der Waals surface area contributed by atoms with Gasteiger partial charge in [0.1, 0.15) is 11.4 Å². The van der Waals surface area contributed by atoms with E-state index in [1.165, 1.54) is 10.9 Å². The number of nitrogens with one attached hydrogen (secondary N) is 1. The predicted molar refractivity (Wildman–Crippen MR) is 62.1 cm³/mol. The summed E-state index contributed by atoms with van der Waals surface area (Å²) in [6.45, 7) is 4.82. The molecular formula is C10H16N4O3. The van der Waals surface area contributed by atoms with Gasteiger partial charge in [0.2, 0.25) is 0 Å². The van der Waals surface area contributed by atoms with Gasteiger partial charge in [-0.05, 0) is 13.8 Å². The molecule has 7 heteroatoms. The Morgan fingerprint density at radius 1 is 1.47 bits per heavy atom. The number of nitrogens with zero attached hydrogens (tertiary/aromatic N) is 3. The molecule has 94 valence electrons. The Kier molecular flexibility index (Phi) is 4.08. The molecule has 0 bridgehead atoms. The fourth-order valence-electron chi connectivity index (χ4n) is 1.43. The maximum absolute atomic E-state index is 11.8. The van der Waals surface area contributed by atoms with Crippen LogP contribution in [0.25, 0.3) is 0 Å². The Morgan fingerprint density at radius 2 is 2.06 bits per heavy atom. The topological polar surface area (TPSA) is 87.5 Å². The summed E-state index contributed by atoms with van der Waals surface area (Å²) in [6, 6.07) is -0.332. The number of aryl methyl sites for hydroxylation is 1. The molecule has 1 heterocycles. The fraction of sp³-hybridized carbons (Fsp3) is 0.500. The van der Waals surface area contributed by atoms with E-state index >= 15 is 0 Å². The first-order valence-electron chi connectivity index (χ1n) is 5.32. The van der Waals surface area contributed by atoms with Crippen LogP contribution < -0.4 is 5.32 Å². The van der Waals surface area contributed by atoms with E-state index in [-0.39, 0.29) is 17.4 Å². The third kappa shape index (κ3) is 2.74. The van der Waals surface area contributed by atoms with Gasteiger partial charge in [-0.2, -0.15) is 5.10 Å². The minimum Gasteiger partial charge on any atom is -0.477 e. The monoisotopic (exact) mass is 240 g/mol. The molecule has 0 unspecified atom stereocenters. The molecule has 0 atom stereocenters. The first kappa shape index (κ1) is 13.0. The number of aromatic nitrogens is 2. The number of hydrogen-bond acceptors (Lipinski definition) is 3. The van der Waals surface area contributed by atoms with Crippen LogP contribution in [0.1, 0.15) is 24.2 Å². The molecule has 0 saturated heterocycles. The van der Waals surface area contributed by atoms with E-state index in [0.717, 1.165) is 0 Å². The largest absolute Gasteiger partial charge is 0.477 e. The number of carbonyl (C=O) groups is 2. The third-order valence-corrected chi connectivity index (χ3v) is 2.45. The van der Waals surface area contributed by atoms with Gasteiger partial charge >= 0.3 is 12.0 Å². The van der Waals surface area contributed by atoms with Crippen molar-refractivity contribution in [2.24, 2.45) is 7.05 Å². The Hall–Kier alpha value is -2.05. The Morgan fingerprint density at radius 3 is 2.53 bits per heavy atom. The first-order valence-corrected chi connectivity index (χ1v) is 5.32. The number of carboxylic acid groups (broad SMARTS) is 1. The van der Waals surface area contributed by atoms with Crippen molar-refractivity contribution in [3.63, 3.8) is 0 Å². The molecule has 1 aromatic rings. The quantitative estimate of drug-likeness (QED) is 0.821. The van der Waals surface area contributed by atoms with Crippen molar-refractivity contribution in [1.82, 2.24) is 14.7 Å². The van der Waals surface area contributed by atoms with Gasteiger partial charge in [0.15, 0.2) is 0 Å². The average Bonchev–Trinajstić information content (AvgIpc) is 2.62. The summed E-state index contributed by atoms with van der Waals surface area (Å²) in [5.74, 6) is -0.928. The highest BCUT2D eigenvalue weighted by atomic mass is 16.4. The van der Waals surface area contributed by atoms with E-state index in [0.29, 0.717) is 13.1 Å². The van der Waals surface area contributed by atoms with E-state index < -0.39 is 5.97 Å². The van der Waals surface area contributed by atoms with E-state index in [9.17, 15) is 9.59 Å². The van der Waals surface area contributed by atoms with Gasteiger partial charge in [0.25, 0.3) is 0 Å². The molecule has 0 radical (unpaired) electrons. The molecule has 2 N–H and O–H groups in total. The summed E-state index contributed by atoms with van der Waals surface area (Å²) < 4.78 is 1.32. The smallest absolute Gasteiger partial charge is 0.341 e. The summed E-state index contributed by atoms with van der Waals surface area (Å²) in [4.78, 5) is 24.2. The Bertz CT molecular complexity index is 423. The van der Waals surface area contributed by atoms with Gasteiger partial charge in [-0.1, -0.05) is 0 Å². The van der Waals surface area contributed by atoms with Gasteiger partial charge in [-0.3, -0.25) is 10.00 Å². The van der Waals surface area contributed by atoms with Crippen LogP contribution in [0, 0.1) is 0 Å². The molecular weight excluding hydrogens is 224 g/mol. The van der Waals surface area contributed by atoms with Crippen LogP contribution in [0.3, 0.4) is 0 Å². The van der Waals surface area contributed by atoms with Crippen molar-refractivity contribution in [2.75, 3.05) is 18.4 Å². The van der Waals surface area contributed by atoms with Gasteiger partial charge in [-0.25, -0.2) is 9.59 Å². The lowest BCUT2D eigenvalue weighted by Crippen LogP contribution is -2.35. The van der Waals surface area contributed by atoms with Gasteiger partial charge in [0.05, 0.1) is 6.20 Å². The molecule has 2 amide bonds.